The molecule has 2 aliphatic carbocycles. The zero-order chi connectivity index (χ0) is 34.5. The van der Waals surface area contributed by atoms with Gasteiger partial charge in [-0.1, -0.05) is 149 Å². The van der Waals surface area contributed by atoms with Gasteiger partial charge in [-0.25, -0.2) is 0 Å². The van der Waals surface area contributed by atoms with Crippen LogP contribution in [0, 0.1) is 0 Å². The summed E-state index contributed by atoms with van der Waals surface area (Å²) in [7, 11) is 0. The Morgan fingerprint density at radius 3 is 0.980 bits per heavy atom. The van der Waals surface area contributed by atoms with Gasteiger partial charge < -0.3 is 0 Å². The predicted octanol–water partition coefficient (Wildman–Crippen LogP) is 16.4. The van der Waals surface area contributed by atoms with Gasteiger partial charge in [-0.2, -0.15) is 0 Å². The third-order valence-corrected chi connectivity index (χ3v) is 20.5. The van der Waals surface area contributed by atoms with Crippen molar-refractivity contribution in [2.45, 2.75) is 79.1 Å². The van der Waals surface area contributed by atoms with E-state index in [1.54, 1.807) is 0 Å². The van der Waals surface area contributed by atoms with Crippen LogP contribution < -0.4 is 0 Å². The molecule has 0 N–H and O–H groups in total. The number of thioether (sulfide) groups is 8. The first-order chi connectivity index (χ1) is 24.7. The minimum Gasteiger partial charge on any atom is -0.117 e. The average Bonchev–Trinajstić information content (AvgIpc) is 3.89. The third kappa shape index (κ3) is 7.94. The van der Waals surface area contributed by atoms with Crippen LogP contribution in [-0.2, 0) is 0 Å². The highest BCUT2D eigenvalue weighted by atomic mass is 32.3. The predicted molar refractivity (Wildman–Crippen MR) is 243 cm³/mol. The van der Waals surface area contributed by atoms with Crippen LogP contribution >= 0.6 is 94.1 Å². The molecule has 0 aromatic heterocycles. The summed E-state index contributed by atoms with van der Waals surface area (Å²) in [5, 5.41) is 0. The molecule has 0 saturated heterocycles. The molecule has 7 rings (SSSR count). The summed E-state index contributed by atoms with van der Waals surface area (Å²) in [6.45, 7) is 9.21. The zero-order valence-corrected chi connectivity index (χ0v) is 36.1. The maximum atomic E-state index is 2.57. The molecule has 2 heterocycles. The summed E-state index contributed by atoms with van der Waals surface area (Å²) >= 11 is 16.5. The van der Waals surface area contributed by atoms with Crippen LogP contribution in [0.15, 0.2) is 86.1 Å². The lowest BCUT2D eigenvalue weighted by atomic mass is 9.96. The van der Waals surface area contributed by atoms with Gasteiger partial charge in [0, 0.05) is 11.1 Å². The first-order valence-corrected chi connectivity index (χ1v) is 25.5. The van der Waals surface area contributed by atoms with Gasteiger partial charge in [0.1, 0.15) is 0 Å². The van der Waals surface area contributed by atoms with Crippen LogP contribution in [-0.4, -0.2) is 23.0 Å². The lowest BCUT2D eigenvalue weighted by molar-refractivity contribution is 0.897. The summed E-state index contributed by atoms with van der Waals surface area (Å²) in [5.41, 5.74) is 14.1. The Hall–Kier alpha value is -0.580. The van der Waals surface area contributed by atoms with Crippen molar-refractivity contribution in [3.63, 3.8) is 0 Å². The highest BCUT2D eigenvalue weighted by Crippen LogP contribution is 2.65. The number of unbranched alkanes of at least 4 members (excludes halogenated alkanes) is 4. The van der Waals surface area contributed by atoms with E-state index in [4.69, 9.17) is 0 Å². The summed E-state index contributed by atoms with van der Waals surface area (Å²) in [6, 6.07) is 23.5. The Kier molecular flexibility index (Phi) is 13.7. The van der Waals surface area contributed by atoms with Gasteiger partial charge in [-0.15, -0.1) is 47.0 Å². The number of benzene rings is 3. The van der Waals surface area contributed by atoms with E-state index in [2.05, 4.69) is 135 Å². The molecule has 0 fully saturated rings. The fourth-order valence-corrected chi connectivity index (χ4v) is 19.0. The molecular formula is C42H46S8. The normalized spacial score (nSPS) is 16.2. The Balaban J connectivity index is 1.31. The molecule has 3 aromatic rings. The van der Waals surface area contributed by atoms with Crippen LogP contribution in [0.1, 0.15) is 101 Å². The van der Waals surface area contributed by atoms with Crippen molar-refractivity contribution in [1.82, 2.24) is 0 Å². The smallest absolute Gasteiger partial charge is 0.0660 e. The average molecular weight is 807 g/mol. The number of hydrogen-bond donors (Lipinski definition) is 0. The Morgan fingerprint density at radius 1 is 0.380 bits per heavy atom. The molecule has 0 nitrogen and oxygen atoms in total. The van der Waals surface area contributed by atoms with Crippen molar-refractivity contribution >= 4 is 105 Å². The Labute approximate surface area is 335 Å². The van der Waals surface area contributed by atoms with E-state index in [0.717, 1.165) is 0 Å². The van der Waals surface area contributed by atoms with E-state index in [1.165, 1.54) is 155 Å². The van der Waals surface area contributed by atoms with Crippen LogP contribution in [0.25, 0.3) is 33.4 Å². The molecule has 0 atom stereocenters. The molecule has 0 bridgehead atoms. The molecule has 50 heavy (non-hydrogen) atoms. The lowest BCUT2D eigenvalue weighted by Gasteiger charge is -2.11. The second-order valence-corrected chi connectivity index (χ2v) is 22.8. The van der Waals surface area contributed by atoms with Crippen molar-refractivity contribution in [3.05, 3.63) is 108 Å². The summed E-state index contributed by atoms with van der Waals surface area (Å²) < 4.78 is 9.04. The maximum Gasteiger partial charge on any atom is 0.0660 e. The minimum absolute atomic E-state index is 1.21. The molecule has 0 radical (unpaired) electrons. The molecule has 3 aromatic carbocycles. The van der Waals surface area contributed by atoms with Gasteiger partial charge in [-0.3, -0.25) is 0 Å². The highest BCUT2D eigenvalue weighted by Gasteiger charge is 2.36. The van der Waals surface area contributed by atoms with Crippen molar-refractivity contribution < 1.29 is 0 Å². The standard InChI is InChI=1S/C42H46S8/c1-5-9-21-43-39-40(44-22-10-6-2)48-37(47-39)35-29-19-15-13-17-27(29)31-26-34-32(25-33(31)35)28-18-14-16-20-30(28)36(34)38-49-41(45-23-11-7-3)42(50-38)46-24-12-8-4/h13-20,25-26H,5-12,21-24H2,1-4H3. The van der Waals surface area contributed by atoms with Gasteiger partial charge in [0.15, 0.2) is 0 Å². The van der Waals surface area contributed by atoms with Gasteiger partial charge in [0.05, 0.1) is 25.4 Å². The fourth-order valence-electron chi connectivity index (χ4n) is 6.40. The maximum absolute atomic E-state index is 2.57. The van der Waals surface area contributed by atoms with Crippen LogP contribution in [0.5, 0.6) is 0 Å². The lowest BCUT2D eigenvalue weighted by Crippen LogP contribution is -1.88. The van der Waals surface area contributed by atoms with Gasteiger partial charge in [0.2, 0.25) is 0 Å². The van der Waals surface area contributed by atoms with Crippen LogP contribution in [0.3, 0.4) is 0 Å². The molecule has 2 aliphatic heterocycles. The minimum atomic E-state index is 1.21. The molecule has 0 spiro atoms. The van der Waals surface area contributed by atoms with Gasteiger partial charge in [-0.05, 0) is 105 Å². The molecule has 0 unspecified atom stereocenters. The number of fused-ring (bicyclic) bond motifs is 6. The monoisotopic (exact) mass is 806 g/mol. The largest absolute Gasteiger partial charge is 0.117 e. The third-order valence-electron chi connectivity index (χ3n) is 9.08. The first kappa shape index (κ1) is 37.7. The van der Waals surface area contributed by atoms with Crippen molar-refractivity contribution in [2.75, 3.05) is 23.0 Å². The molecule has 4 aliphatic rings. The Morgan fingerprint density at radius 2 is 0.680 bits per heavy atom. The van der Waals surface area contributed by atoms with Crippen LogP contribution in [0.2, 0.25) is 0 Å². The van der Waals surface area contributed by atoms with E-state index in [-0.39, 0.29) is 0 Å². The topological polar surface area (TPSA) is 0 Å². The van der Waals surface area contributed by atoms with Crippen molar-refractivity contribution in [1.29, 1.82) is 0 Å². The van der Waals surface area contributed by atoms with Gasteiger partial charge >= 0.3 is 0 Å². The second-order valence-electron chi connectivity index (χ2n) is 12.7. The molecular weight excluding hydrogens is 761 g/mol. The molecule has 0 saturated carbocycles. The zero-order valence-electron chi connectivity index (χ0n) is 29.5. The summed E-state index contributed by atoms with van der Waals surface area (Å²) in [4.78, 5) is 0. The number of hydrogen-bond acceptors (Lipinski definition) is 8. The van der Waals surface area contributed by atoms with E-state index in [9.17, 15) is 0 Å². The van der Waals surface area contributed by atoms with Gasteiger partial charge in [0.25, 0.3) is 0 Å². The number of rotatable bonds is 16. The van der Waals surface area contributed by atoms with Crippen molar-refractivity contribution in [2.24, 2.45) is 0 Å². The summed E-state index contributed by atoms with van der Waals surface area (Å²) in [6.07, 6.45) is 10.1. The molecule has 262 valence electrons. The van der Waals surface area contributed by atoms with E-state index in [1.807, 2.05) is 47.0 Å². The molecule has 0 amide bonds. The van der Waals surface area contributed by atoms with E-state index < -0.39 is 0 Å². The van der Waals surface area contributed by atoms with Crippen molar-refractivity contribution in [3.8, 4) is 22.3 Å². The SMILES string of the molecule is CCCCSC1=C(SCCCC)SC(=C2c3ccccc3-c3cc4c(cc32)-c2ccccc2C4=C2SC(SCCCC)=C(SCCCC)S2)S1. The quantitative estimate of drug-likeness (QED) is 0.0893. The van der Waals surface area contributed by atoms with E-state index >= 15 is 0 Å². The molecule has 8 heteroatoms. The van der Waals surface area contributed by atoms with E-state index in [0.29, 0.717) is 0 Å². The Bertz CT molecular complexity index is 1680. The summed E-state index contributed by atoms with van der Waals surface area (Å²) in [5.74, 6) is 4.82. The second kappa shape index (κ2) is 18.2. The first-order valence-electron chi connectivity index (χ1n) is 18.2. The highest BCUT2D eigenvalue weighted by molar-refractivity contribution is 8.41. The fraction of sp³-hybridized carbons (Fsp3) is 0.381. The van der Waals surface area contributed by atoms with Crippen LogP contribution in [0.4, 0.5) is 0 Å².